The lowest BCUT2D eigenvalue weighted by Crippen LogP contribution is -2.36. The van der Waals surface area contributed by atoms with Gasteiger partial charge in [0, 0.05) is 5.56 Å². The van der Waals surface area contributed by atoms with Crippen LogP contribution in [-0.2, 0) is 0 Å². The van der Waals surface area contributed by atoms with Crippen molar-refractivity contribution >= 4 is 45.7 Å². The first-order chi connectivity index (χ1) is 9.99. The number of thiocarbonyl (C=S) groups is 1. The standard InChI is InChI=1S/C15H13IN2O2S/c16-11-7-6-10(8-12(11)19)15(20)18-13(14(17)21)9-4-2-1-3-5-9/h1-8,13,19H,(H2,17,21)(H,18,20). The topological polar surface area (TPSA) is 75.3 Å². The van der Waals surface area contributed by atoms with E-state index in [0.717, 1.165) is 5.56 Å². The zero-order valence-electron chi connectivity index (χ0n) is 10.9. The summed E-state index contributed by atoms with van der Waals surface area (Å²) < 4.78 is 0.679. The highest BCUT2D eigenvalue weighted by Crippen LogP contribution is 2.21. The average Bonchev–Trinajstić information content (AvgIpc) is 2.48. The molecule has 108 valence electrons. The van der Waals surface area contributed by atoms with E-state index in [1.807, 2.05) is 52.9 Å². The number of benzene rings is 2. The molecule has 0 aliphatic rings. The molecule has 2 aromatic carbocycles. The van der Waals surface area contributed by atoms with Gasteiger partial charge in [0.15, 0.2) is 0 Å². The van der Waals surface area contributed by atoms with Gasteiger partial charge in [-0.15, -0.1) is 0 Å². The molecule has 1 atom stereocenters. The highest BCUT2D eigenvalue weighted by Gasteiger charge is 2.18. The normalized spacial score (nSPS) is 11.7. The number of phenolic OH excluding ortho intramolecular Hbond substituents is 1. The predicted octanol–water partition coefficient (Wildman–Crippen LogP) is 2.75. The van der Waals surface area contributed by atoms with E-state index in [9.17, 15) is 9.90 Å². The zero-order valence-corrected chi connectivity index (χ0v) is 13.9. The quantitative estimate of drug-likeness (QED) is 0.534. The summed E-state index contributed by atoms with van der Waals surface area (Å²) in [6.07, 6.45) is 0. The summed E-state index contributed by atoms with van der Waals surface area (Å²) in [5, 5.41) is 12.4. The van der Waals surface area contributed by atoms with E-state index >= 15 is 0 Å². The first kappa shape index (κ1) is 15.7. The lowest BCUT2D eigenvalue weighted by atomic mass is 10.1. The molecule has 2 rings (SSSR count). The van der Waals surface area contributed by atoms with Gasteiger partial charge in [0.25, 0.3) is 5.91 Å². The van der Waals surface area contributed by atoms with Crippen LogP contribution >= 0.6 is 34.8 Å². The summed E-state index contributed by atoms with van der Waals surface area (Å²) in [7, 11) is 0. The van der Waals surface area contributed by atoms with Crippen molar-refractivity contribution in [3.8, 4) is 5.75 Å². The Balaban J connectivity index is 2.23. The molecule has 1 unspecified atom stereocenters. The van der Waals surface area contributed by atoms with Crippen LogP contribution < -0.4 is 11.1 Å². The van der Waals surface area contributed by atoms with E-state index < -0.39 is 6.04 Å². The summed E-state index contributed by atoms with van der Waals surface area (Å²) >= 11 is 7.01. The molecule has 0 aliphatic carbocycles. The first-order valence-corrected chi connectivity index (χ1v) is 7.61. The number of halogens is 1. The predicted molar refractivity (Wildman–Crippen MR) is 94.3 cm³/mol. The molecule has 4 nitrogen and oxygen atoms in total. The number of nitrogens with one attached hydrogen (secondary N) is 1. The Bertz CT molecular complexity index is 677. The van der Waals surface area contributed by atoms with Crippen LogP contribution in [0, 0.1) is 3.57 Å². The van der Waals surface area contributed by atoms with E-state index in [1.54, 1.807) is 12.1 Å². The Kier molecular flexibility index (Phi) is 5.13. The Morgan fingerprint density at radius 1 is 1.24 bits per heavy atom. The van der Waals surface area contributed by atoms with Crippen LogP contribution in [0.25, 0.3) is 0 Å². The van der Waals surface area contributed by atoms with Gasteiger partial charge in [-0.1, -0.05) is 42.5 Å². The van der Waals surface area contributed by atoms with E-state index in [1.165, 1.54) is 6.07 Å². The van der Waals surface area contributed by atoms with Crippen molar-refractivity contribution in [2.45, 2.75) is 6.04 Å². The molecule has 4 N–H and O–H groups in total. The van der Waals surface area contributed by atoms with Crippen molar-refractivity contribution in [2.24, 2.45) is 5.73 Å². The van der Waals surface area contributed by atoms with Crippen LogP contribution in [0.1, 0.15) is 22.0 Å². The molecule has 0 heterocycles. The molecule has 0 fully saturated rings. The highest BCUT2D eigenvalue weighted by molar-refractivity contribution is 14.1. The third-order valence-electron chi connectivity index (χ3n) is 2.90. The van der Waals surface area contributed by atoms with Gasteiger partial charge in [0.1, 0.15) is 16.8 Å². The van der Waals surface area contributed by atoms with Crippen molar-refractivity contribution in [3.63, 3.8) is 0 Å². The second kappa shape index (κ2) is 6.86. The summed E-state index contributed by atoms with van der Waals surface area (Å²) in [4.78, 5) is 12.4. The number of hydrogen-bond acceptors (Lipinski definition) is 3. The van der Waals surface area contributed by atoms with E-state index in [0.29, 0.717) is 9.13 Å². The van der Waals surface area contributed by atoms with Gasteiger partial charge >= 0.3 is 0 Å². The Labute approximate surface area is 141 Å². The number of aromatic hydroxyl groups is 1. The zero-order chi connectivity index (χ0) is 15.4. The monoisotopic (exact) mass is 412 g/mol. The smallest absolute Gasteiger partial charge is 0.252 e. The largest absolute Gasteiger partial charge is 0.507 e. The molecule has 0 saturated carbocycles. The molecule has 2 aromatic rings. The second-order valence-electron chi connectivity index (χ2n) is 4.39. The molecule has 0 bridgehead atoms. The number of carbonyl (C=O) groups excluding carboxylic acids is 1. The Hall–Kier alpha value is -1.67. The van der Waals surface area contributed by atoms with Gasteiger partial charge in [-0.3, -0.25) is 4.79 Å². The summed E-state index contributed by atoms with van der Waals surface area (Å²) in [5.74, 6) is -0.279. The number of nitrogens with two attached hydrogens (primary N) is 1. The third-order valence-corrected chi connectivity index (χ3v) is 4.05. The lowest BCUT2D eigenvalue weighted by molar-refractivity contribution is 0.0946. The van der Waals surface area contributed by atoms with Gasteiger partial charge in [-0.2, -0.15) is 0 Å². The van der Waals surface area contributed by atoms with Crippen LogP contribution in [0.15, 0.2) is 48.5 Å². The van der Waals surface area contributed by atoms with Crippen molar-refractivity contribution < 1.29 is 9.90 Å². The fourth-order valence-corrected chi connectivity index (χ4v) is 2.36. The van der Waals surface area contributed by atoms with E-state index in [2.05, 4.69) is 5.32 Å². The lowest BCUT2D eigenvalue weighted by Gasteiger charge is -2.18. The highest BCUT2D eigenvalue weighted by atomic mass is 127. The molecule has 0 spiro atoms. The number of amides is 1. The van der Waals surface area contributed by atoms with Crippen molar-refractivity contribution in [1.82, 2.24) is 5.32 Å². The summed E-state index contributed by atoms with van der Waals surface area (Å²) in [5.41, 5.74) is 6.88. The molecule has 0 saturated heterocycles. The number of phenols is 1. The van der Waals surface area contributed by atoms with Crippen LogP contribution in [0.5, 0.6) is 5.75 Å². The second-order valence-corrected chi connectivity index (χ2v) is 6.02. The number of carbonyl (C=O) groups is 1. The van der Waals surface area contributed by atoms with Gasteiger partial charge in [-0.25, -0.2) is 0 Å². The molecule has 0 radical (unpaired) electrons. The third kappa shape index (κ3) is 3.92. The molecular weight excluding hydrogens is 399 g/mol. The molecule has 0 aliphatic heterocycles. The van der Waals surface area contributed by atoms with Gasteiger partial charge in [-0.05, 0) is 46.4 Å². The first-order valence-electron chi connectivity index (χ1n) is 6.12. The fraction of sp³-hybridized carbons (Fsp3) is 0.0667. The molecule has 6 heteroatoms. The Morgan fingerprint density at radius 3 is 2.48 bits per heavy atom. The minimum Gasteiger partial charge on any atom is -0.507 e. The minimum atomic E-state index is -0.546. The van der Waals surface area contributed by atoms with Gasteiger partial charge in [0.2, 0.25) is 0 Å². The summed E-state index contributed by atoms with van der Waals surface area (Å²) in [6.45, 7) is 0. The number of rotatable bonds is 4. The van der Waals surface area contributed by atoms with Gasteiger partial charge in [0.05, 0.1) is 3.57 Å². The molecule has 0 aromatic heterocycles. The SMILES string of the molecule is NC(=S)C(NC(=O)c1ccc(I)c(O)c1)c1ccccc1. The van der Waals surface area contributed by atoms with E-state index in [-0.39, 0.29) is 16.6 Å². The van der Waals surface area contributed by atoms with Gasteiger partial charge < -0.3 is 16.2 Å². The Morgan fingerprint density at radius 2 is 1.90 bits per heavy atom. The summed E-state index contributed by atoms with van der Waals surface area (Å²) in [6, 6.07) is 13.4. The van der Waals surface area contributed by atoms with Crippen LogP contribution in [-0.4, -0.2) is 16.0 Å². The van der Waals surface area contributed by atoms with E-state index in [4.69, 9.17) is 18.0 Å². The van der Waals surface area contributed by atoms with Crippen molar-refractivity contribution in [2.75, 3.05) is 0 Å². The van der Waals surface area contributed by atoms with Crippen molar-refractivity contribution in [1.29, 1.82) is 0 Å². The molecular formula is C15H13IN2O2S. The maximum atomic E-state index is 12.3. The molecule has 1 amide bonds. The number of hydrogen-bond donors (Lipinski definition) is 3. The van der Waals surface area contributed by atoms with Crippen LogP contribution in [0.3, 0.4) is 0 Å². The average molecular weight is 412 g/mol. The van der Waals surface area contributed by atoms with Crippen molar-refractivity contribution in [3.05, 3.63) is 63.2 Å². The fourth-order valence-electron chi connectivity index (χ4n) is 1.83. The van der Waals surface area contributed by atoms with Crippen LogP contribution in [0.4, 0.5) is 0 Å². The molecule has 21 heavy (non-hydrogen) atoms. The maximum Gasteiger partial charge on any atom is 0.252 e. The van der Waals surface area contributed by atoms with Crippen LogP contribution in [0.2, 0.25) is 0 Å². The minimum absolute atomic E-state index is 0.0647. The maximum absolute atomic E-state index is 12.3.